The lowest BCUT2D eigenvalue weighted by Crippen LogP contribution is -2.25. The van der Waals surface area contributed by atoms with Gasteiger partial charge in [0, 0.05) is 17.8 Å². The summed E-state index contributed by atoms with van der Waals surface area (Å²) in [4.78, 5) is 12.6. The molecular formula is C19H24N2O3S. The maximum atomic E-state index is 12.5. The fourth-order valence-corrected chi connectivity index (χ4v) is 3.46. The Labute approximate surface area is 149 Å². The average molecular weight is 360 g/mol. The van der Waals surface area contributed by atoms with E-state index in [1.165, 1.54) is 12.1 Å². The van der Waals surface area contributed by atoms with E-state index in [-0.39, 0.29) is 10.8 Å². The Bertz CT molecular complexity index is 861. The van der Waals surface area contributed by atoms with Crippen LogP contribution in [0.25, 0.3) is 0 Å². The molecule has 134 valence electrons. The number of nitrogens with one attached hydrogen (secondary N) is 2. The van der Waals surface area contributed by atoms with Crippen LogP contribution in [0, 0.1) is 13.8 Å². The van der Waals surface area contributed by atoms with Crippen LogP contribution in [0.5, 0.6) is 0 Å². The maximum absolute atomic E-state index is 12.5. The SMILES string of the molecule is CCCCNS(=O)(=O)c1cccc(C(=O)Nc2cc(C)ccc2C)c1. The minimum Gasteiger partial charge on any atom is -0.322 e. The summed E-state index contributed by atoms with van der Waals surface area (Å²) in [6.07, 6.45) is 1.67. The van der Waals surface area contributed by atoms with Gasteiger partial charge < -0.3 is 5.32 Å². The van der Waals surface area contributed by atoms with E-state index in [2.05, 4.69) is 10.0 Å². The molecule has 2 rings (SSSR count). The number of hydrogen-bond donors (Lipinski definition) is 2. The first-order chi connectivity index (χ1) is 11.8. The molecule has 2 aromatic carbocycles. The van der Waals surface area contributed by atoms with Gasteiger partial charge in [-0.15, -0.1) is 0 Å². The van der Waals surface area contributed by atoms with Crippen LogP contribution in [0.1, 0.15) is 41.3 Å². The number of benzene rings is 2. The van der Waals surface area contributed by atoms with Crippen molar-refractivity contribution in [2.75, 3.05) is 11.9 Å². The van der Waals surface area contributed by atoms with E-state index < -0.39 is 10.0 Å². The molecule has 0 aromatic heterocycles. The molecular weight excluding hydrogens is 336 g/mol. The van der Waals surface area contributed by atoms with Gasteiger partial charge in [-0.3, -0.25) is 4.79 Å². The molecule has 6 heteroatoms. The lowest BCUT2D eigenvalue weighted by Gasteiger charge is -2.11. The average Bonchev–Trinajstić information content (AvgIpc) is 2.58. The number of carbonyl (C=O) groups excluding carboxylic acids is 1. The Kier molecular flexibility index (Phi) is 6.33. The highest BCUT2D eigenvalue weighted by atomic mass is 32.2. The van der Waals surface area contributed by atoms with Gasteiger partial charge in [0.1, 0.15) is 0 Å². The first kappa shape index (κ1) is 19.1. The molecule has 25 heavy (non-hydrogen) atoms. The molecule has 0 fully saturated rings. The van der Waals surface area contributed by atoms with Gasteiger partial charge in [0.2, 0.25) is 10.0 Å². The summed E-state index contributed by atoms with van der Waals surface area (Å²) < 4.78 is 27.1. The number of carbonyl (C=O) groups is 1. The molecule has 0 heterocycles. The van der Waals surface area contributed by atoms with Crippen molar-refractivity contribution in [3.63, 3.8) is 0 Å². The van der Waals surface area contributed by atoms with Crippen LogP contribution in [0.2, 0.25) is 0 Å². The smallest absolute Gasteiger partial charge is 0.255 e. The second-order valence-corrected chi connectivity index (χ2v) is 7.82. The van der Waals surface area contributed by atoms with E-state index >= 15 is 0 Å². The molecule has 1 amide bonds. The first-order valence-corrected chi connectivity index (χ1v) is 9.80. The van der Waals surface area contributed by atoms with Crippen LogP contribution in [0.4, 0.5) is 5.69 Å². The van der Waals surface area contributed by atoms with Crippen molar-refractivity contribution < 1.29 is 13.2 Å². The Morgan fingerprint density at radius 2 is 1.84 bits per heavy atom. The molecule has 0 aliphatic heterocycles. The Morgan fingerprint density at radius 3 is 2.56 bits per heavy atom. The summed E-state index contributed by atoms with van der Waals surface area (Å²) in [6.45, 7) is 6.24. The minimum absolute atomic E-state index is 0.0946. The zero-order valence-electron chi connectivity index (χ0n) is 14.8. The van der Waals surface area contributed by atoms with Crippen LogP contribution >= 0.6 is 0 Å². The highest BCUT2D eigenvalue weighted by Crippen LogP contribution is 2.18. The molecule has 0 radical (unpaired) electrons. The first-order valence-electron chi connectivity index (χ1n) is 8.32. The summed E-state index contributed by atoms with van der Waals surface area (Å²) in [5.41, 5.74) is 3.01. The third-order valence-electron chi connectivity index (χ3n) is 3.87. The van der Waals surface area contributed by atoms with Crippen LogP contribution in [0.15, 0.2) is 47.4 Å². The summed E-state index contributed by atoms with van der Waals surface area (Å²) in [5.74, 6) is -0.334. The summed E-state index contributed by atoms with van der Waals surface area (Å²) >= 11 is 0. The quantitative estimate of drug-likeness (QED) is 0.740. The van der Waals surface area contributed by atoms with E-state index in [9.17, 15) is 13.2 Å². The lowest BCUT2D eigenvalue weighted by molar-refractivity contribution is 0.102. The fraction of sp³-hybridized carbons (Fsp3) is 0.316. The van der Waals surface area contributed by atoms with Gasteiger partial charge in [-0.25, -0.2) is 13.1 Å². The Morgan fingerprint density at radius 1 is 1.08 bits per heavy atom. The van der Waals surface area contributed by atoms with Gasteiger partial charge in [-0.2, -0.15) is 0 Å². The Hall–Kier alpha value is -2.18. The van der Waals surface area contributed by atoms with E-state index in [1.807, 2.05) is 39.0 Å². The van der Waals surface area contributed by atoms with Crippen molar-refractivity contribution in [3.8, 4) is 0 Å². The van der Waals surface area contributed by atoms with Crippen LogP contribution in [0.3, 0.4) is 0 Å². The topological polar surface area (TPSA) is 75.3 Å². The van der Waals surface area contributed by atoms with Crippen LogP contribution in [-0.2, 0) is 10.0 Å². The molecule has 0 bridgehead atoms. The zero-order valence-corrected chi connectivity index (χ0v) is 15.6. The largest absolute Gasteiger partial charge is 0.322 e. The van der Waals surface area contributed by atoms with Crippen LogP contribution < -0.4 is 10.0 Å². The zero-order chi connectivity index (χ0) is 18.4. The van der Waals surface area contributed by atoms with E-state index in [1.54, 1.807) is 12.1 Å². The maximum Gasteiger partial charge on any atom is 0.255 e. The Balaban J connectivity index is 2.20. The van der Waals surface area contributed by atoms with E-state index in [0.717, 1.165) is 29.7 Å². The number of sulfonamides is 1. The number of amides is 1. The number of anilines is 1. The van der Waals surface area contributed by atoms with Crippen LogP contribution in [-0.4, -0.2) is 20.9 Å². The third-order valence-corrected chi connectivity index (χ3v) is 5.33. The molecule has 0 spiro atoms. The van der Waals surface area contributed by atoms with Crippen molar-refractivity contribution in [1.29, 1.82) is 0 Å². The molecule has 0 atom stereocenters. The monoisotopic (exact) mass is 360 g/mol. The van der Waals surface area contributed by atoms with Gasteiger partial charge >= 0.3 is 0 Å². The normalized spacial score (nSPS) is 11.3. The highest BCUT2D eigenvalue weighted by Gasteiger charge is 2.16. The summed E-state index contributed by atoms with van der Waals surface area (Å²) in [6, 6.07) is 11.9. The molecule has 0 aliphatic rings. The van der Waals surface area contributed by atoms with Gasteiger partial charge in [-0.05, 0) is 55.7 Å². The summed E-state index contributed by atoms with van der Waals surface area (Å²) in [5, 5.41) is 2.84. The van der Waals surface area contributed by atoms with Crippen molar-refractivity contribution in [2.45, 2.75) is 38.5 Å². The number of unbranched alkanes of at least 4 members (excludes halogenated alkanes) is 1. The minimum atomic E-state index is -3.61. The lowest BCUT2D eigenvalue weighted by atomic mass is 10.1. The molecule has 5 nitrogen and oxygen atoms in total. The number of aryl methyl sites for hydroxylation is 2. The predicted octanol–water partition coefficient (Wildman–Crippen LogP) is 3.63. The molecule has 0 unspecified atom stereocenters. The fourth-order valence-electron chi connectivity index (χ4n) is 2.34. The second-order valence-electron chi connectivity index (χ2n) is 6.05. The highest BCUT2D eigenvalue weighted by molar-refractivity contribution is 7.89. The van der Waals surface area contributed by atoms with Crippen molar-refractivity contribution in [3.05, 3.63) is 59.2 Å². The molecule has 0 saturated carbocycles. The number of hydrogen-bond acceptors (Lipinski definition) is 3. The van der Waals surface area contributed by atoms with Crippen molar-refractivity contribution >= 4 is 21.6 Å². The van der Waals surface area contributed by atoms with Gasteiger partial charge in [-0.1, -0.05) is 31.5 Å². The summed E-state index contributed by atoms with van der Waals surface area (Å²) in [7, 11) is -3.61. The van der Waals surface area contributed by atoms with Gasteiger partial charge in [0.15, 0.2) is 0 Å². The van der Waals surface area contributed by atoms with Crippen molar-refractivity contribution in [1.82, 2.24) is 4.72 Å². The van der Waals surface area contributed by atoms with Gasteiger partial charge in [0.25, 0.3) is 5.91 Å². The van der Waals surface area contributed by atoms with E-state index in [0.29, 0.717) is 12.1 Å². The molecule has 0 saturated heterocycles. The third kappa shape index (κ3) is 5.14. The van der Waals surface area contributed by atoms with Crippen molar-refractivity contribution in [2.24, 2.45) is 0 Å². The molecule has 0 aliphatic carbocycles. The standard InChI is InChI=1S/C19H24N2O3S/c1-4-5-11-20-25(23,24)17-8-6-7-16(13-17)19(22)21-18-12-14(2)9-10-15(18)3/h6-10,12-13,20H,4-5,11H2,1-3H3,(H,21,22). The number of rotatable bonds is 7. The molecule has 2 aromatic rings. The second kappa shape index (κ2) is 8.27. The van der Waals surface area contributed by atoms with E-state index in [4.69, 9.17) is 0 Å². The van der Waals surface area contributed by atoms with Gasteiger partial charge in [0.05, 0.1) is 4.90 Å². The molecule has 2 N–H and O–H groups in total. The predicted molar refractivity (Wildman–Crippen MR) is 100 cm³/mol.